The molecule has 0 saturated heterocycles. The van der Waals surface area contributed by atoms with Gasteiger partial charge in [0.05, 0.1) is 0 Å². The second-order valence-corrected chi connectivity index (χ2v) is 4.39. The van der Waals surface area contributed by atoms with Gasteiger partial charge in [0.2, 0.25) is 5.95 Å². The lowest BCUT2D eigenvalue weighted by molar-refractivity contribution is 0.134. The van der Waals surface area contributed by atoms with Gasteiger partial charge in [-0.1, -0.05) is 6.92 Å². The molecule has 1 aromatic rings. The van der Waals surface area contributed by atoms with E-state index < -0.39 is 0 Å². The predicted octanol–water partition coefficient (Wildman–Crippen LogP) is 2.54. The van der Waals surface area contributed by atoms with Gasteiger partial charge in [-0.25, -0.2) is 4.98 Å². The van der Waals surface area contributed by atoms with Crippen LogP contribution in [0.25, 0.3) is 0 Å². The van der Waals surface area contributed by atoms with E-state index in [-0.39, 0.29) is 0 Å². The lowest BCUT2D eigenvalue weighted by Gasteiger charge is -2.10. The Labute approximate surface area is 116 Å². The van der Waals surface area contributed by atoms with Crippen molar-refractivity contribution < 1.29 is 9.47 Å². The molecular weight excluding hydrogens is 242 g/mol. The highest BCUT2D eigenvalue weighted by molar-refractivity contribution is 5.25. The number of imidazole rings is 1. The average Bonchev–Trinajstić information content (AvgIpc) is 2.86. The van der Waals surface area contributed by atoms with Gasteiger partial charge in [-0.2, -0.15) is 0 Å². The quantitative estimate of drug-likeness (QED) is 0.592. The van der Waals surface area contributed by atoms with E-state index >= 15 is 0 Å². The van der Waals surface area contributed by atoms with Crippen molar-refractivity contribution in [3.8, 4) is 0 Å². The largest absolute Gasteiger partial charge is 0.382 e. The Hall–Kier alpha value is -1.07. The second kappa shape index (κ2) is 10.8. The molecule has 0 atom stereocenters. The smallest absolute Gasteiger partial charge is 0.202 e. The summed E-state index contributed by atoms with van der Waals surface area (Å²) >= 11 is 0. The normalized spacial score (nSPS) is 10.8. The number of anilines is 1. The van der Waals surface area contributed by atoms with Crippen LogP contribution in [0.4, 0.5) is 5.95 Å². The number of rotatable bonds is 12. The van der Waals surface area contributed by atoms with Gasteiger partial charge in [-0.15, -0.1) is 0 Å². The first kappa shape index (κ1) is 16.0. The molecule has 1 aromatic heterocycles. The molecule has 5 heteroatoms. The average molecular weight is 269 g/mol. The van der Waals surface area contributed by atoms with Crippen molar-refractivity contribution in [2.75, 3.05) is 38.3 Å². The summed E-state index contributed by atoms with van der Waals surface area (Å²) < 4.78 is 12.9. The van der Waals surface area contributed by atoms with Crippen LogP contribution in [0.15, 0.2) is 12.4 Å². The Kier molecular flexibility index (Phi) is 9.10. The highest BCUT2D eigenvalue weighted by Crippen LogP contribution is 2.05. The third kappa shape index (κ3) is 7.18. The van der Waals surface area contributed by atoms with Crippen LogP contribution in [0, 0.1) is 0 Å². The van der Waals surface area contributed by atoms with Crippen molar-refractivity contribution in [3.63, 3.8) is 0 Å². The molecule has 0 unspecified atom stereocenters. The summed E-state index contributed by atoms with van der Waals surface area (Å²) in [7, 11) is 0. The molecule has 0 aromatic carbocycles. The van der Waals surface area contributed by atoms with Crippen molar-refractivity contribution in [2.24, 2.45) is 0 Å². The number of nitrogens with zero attached hydrogens (tertiary/aromatic N) is 2. The molecule has 0 spiro atoms. The molecule has 0 bridgehead atoms. The third-order valence-electron chi connectivity index (χ3n) is 2.70. The van der Waals surface area contributed by atoms with Gasteiger partial charge in [-0.3, -0.25) is 0 Å². The molecule has 0 saturated carbocycles. The zero-order valence-corrected chi connectivity index (χ0v) is 12.2. The van der Waals surface area contributed by atoms with Crippen LogP contribution in [-0.4, -0.2) is 42.5 Å². The number of aromatic nitrogens is 2. The SMILES string of the molecule is CCCOCCCNc1nccn1CCCOCC. The fourth-order valence-electron chi connectivity index (χ4n) is 1.76. The number of nitrogens with one attached hydrogen (secondary N) is 1. The maximum Gasteiger partial charge on any atom is 0.202 e. The van der Waals surface area contributed by atoms with Crippen molar-refractivity contribution in [2.45, 2.75) is 39.7 Å². The molecule has 0 aliphatic rings. The van der Waals surface area contributed by atoms with Crippen LogP contribution < -0.4 is 5.32 Å². The van der Waals surface area contributed by atoms with Crippen LogP contribution in [0.2, 0.25) is 0 Å². The van der Waals surface area contributed by atoms with Crippen LogP contribution in [-0.2, 0) is 16.0 Å². The van der Waals surface area contributed by atoms with Crippen LogP contribution >= 0.6 is 0 Å². The highest BCUT2D eigenvalue weighted by Gasteiger charge is 2.01. The number of hydrogen-bond acceptors (Lipinski definition) is 4. The summed E-state index contributed by atoms with van der Waals surface area (Å²) in [4.78, 5) is 4.32. The summed E-state index contributed by atoms with van der Waals surface area (Å²) in [5.74, 6) is 0.937. The van der Waals surface area contributed by atoms with Crippen molar-refractivity contribution in [1.82, 2.24) is 9.55 Å². The van der Waals surface area contributed by atoms with Gasteiger partial charge in [0.25, 0.3) is 0 Å². The molecule has 5 nitrogen and oxygen atoms in total. The Morgan fingerprint density at radius 2 is 2.00 bits per heavy atom. The minimum absolute atomic E-state index is 0.785. The molecule has 0 aliphatic heterocycles. The fraction of sp³-hybridized carbons (Fsp3) is 0.786. The van der Waals surface area contributed by atoms with E-state index in [1.165, 1.54) is 0 Å². The topological polar surface area (TPSA) is 48.3 Å². The Morgan fingerprint density at radius 1 is 1.16 bits per heavy atom. The molecule has 1 rings (SSSR count). The van der Waals surface area contributed by atoms with Gasteiger partial charge in [0, 0.05) is 51.9 Å². The minimum atomic E-state index is 0.785. The number of hydrogen-bond donors (Lipinski definition) is 1. The Bertz CT molecular complexity index is 315. The summed E-state index contributed by atoms with van der Waals surface area (Å²) in [6.45, 7) is 9.23. The van der Waals surface area contributed by atoms with E-state index in [2.05, 4.69) is 21.8 Å². The molecule has 0 aliphatic carbocycles. The van der Waals surface area contributed by atoms with E-state index in [0.717, 1.165) is 64.7 Å². The van der Waals surface area contributed by atoms with E-state index in [1.54, 1.807) is 0 Å². The molecule has 110 valence electrons. The van der Waals surface area contributed by atoms with Crippen molar-refractivity contribution >= 4 is 5.95 Å². The van der Waals surface area contributed by atoms with Crippen LogP contribution in [0.3, 0.4) is 0 Å². The van der Waals surface area contributed by atoms with Crippen LogP contribution in [0.1, 0.15) is 33.1 Å². The summed E-state index contributed by atoms with van der Waals surface area (Å²) in [6, 6.07) is 0. The first-order chi connectivity index (χ1) is 9.38. The van der Waals surface area contributed by atoms with E-state index in [0.29, 0.717) is 0 Å². The lowest BCUT2D eigenvalue weighted by Crippen LogP contribution is -2.11. The van der Waals surface area contributed by atoms with Gasteiger partial charge < -0.3 is 19.4 Å². The molecule has 1 N–H and O–H groups in total. The molecule has 0 amide bonds. The fourth-order valence-corrected chi connectivity index (χ4v) is 1.76. The maximum atomic E-state index is 5.44. The van der Waals surface area contributed by atoms with Gasteiger partial charge >= 0.3 is 0 Å². The van der Waals surface area contributed by atoms with Crippen molar-refractivity contribution in [3.05, 3.63) is 12.4 Å². The Morgan fingerprint density at radius 3 is 2.79 bits per heavy atom. The van der Waals surface area contributed by atoms with E-state index in [1.807, 2.05) is 19.3 Å². The standard InChI is InChI=1S/C14H27N3O2/c1-3-11-19-12-5-7-15-14-16-8-10-17(14)9-6-13-18-4-2/h8,10H,3-7,9,11-13H2,1-2H3,(H,15,16). The van der Waals surface area contributed by atoms with Gasteiger partial charge in [-0.05, 0) is 26.2 Å². The second-order valence-electron chi connectivity index (χ2n) is 4.39. The zero-order chi connectivity index (χ0) is 13.8. The number of ether oxygens (including phenoxy) is 2. The van der Waals surface area contributed by atoms with Gasteiger partial charge in [0.1, 0.15) is 0 Å². The first-order valence-electron chi connectivity index (χ1n) is 7.29. The predicted molar refractivity (Wildman–Crippen MR) is 77.6 cm³/mol. The lowest BCUT2D eigenvalue weighted by atomic mass is 10.4. The molecule has 0 fully saturated rings. The summed E-state index contributed by atoms with van der Waals surface area (Å²) in [6.07, 6.45) is 6.93. The highest BCUT2D eigenvalue weighted by atomic mass is 16.5. The third-order valence-corrected chi connectivity index (χ3v) is 2.70. The molecular formula is C14H27N3O2. The Balaban J connectivity index is 2.13. The van der Waals surface area contributed by atoms with Gasteiger partial charge in [0.15, 0.2) is 0 Å². The summed E-state index contributed by atoms with van der Waals surface area (Å²) in [5, 5.41) is 3.34. The minimum Gasteiger partial charge on any atom is -0.382 e. The molecule has 0 radical (unpaired) electrons. The van der Waals surface area contributed by atoms with Crippen LogP contribution in [0.5, 0.6) is 0 Å². The molecule has 1 heterocycles. The van der Waals surface area contributed by atoms with Crippen molar-refractivity contribution in [1.29, 1.82) is 0 Å². The first-order valence-corrected chi connectivity index (χ1v) is 7.29. The zero-order valence-electron chi connectivity index (χ0n) is 12.2. The molecule has 19 heavy (non-hydrogen) atoms. The number of aryl methyl sites for hydroxylation is 1. The van der Waals surface area contributed by atoms with E-state index in [9.17, 15) is 0 Å². The maximum absolute atomic E-state index is 5.44. The monoisotopic (exact) mass is 269 g/mol. The van der Waals surface area contributed by atoms with E-state index in [4.69, 9.17) is 9.47 Å². The summed E-state index contributed by atoms with van der Waals surface area (Å²) in [5.41, 5.74) is 0.